The average Bonchev–Trinajstić information content (AvgIpc) is 2.33. The highest BCUT2D eigenvalue weighted by Gasteiger charge is 2.09. The van der Waals surface area contributed by atoms with Crippen LogP contribution in [0, 0.1) is 0 Å². The number of rotatable bonds is 8. The van der Waals surface area contributed by atoms with Crippen LogP contribution < -0.4 is 10.1 Å². The van der Waals surface area contributed by atoms with Gasteiger partial charge in [0.2, 0.25) is 0 Å². The van der Waals surface area contributed by atoms with Crippen LogP contribution in [0.15, 0.2) is 21.1 Å². The Bertz CT molecular complexity index is 372. The van der Waals surface area contributed by atoms with E-state index in [9.17, 15) is 0 Å². The van der Waals surface area contributed by atoms with Gasteiger partial charge in [0.25, 0.3) is 0 Å². The van der Waals surface area contributed by atoms with Gasteiger partial charge in [-0.1, -0.05) is 15.9 Å². The first-order chi connectivity index (χ1) is 8.69. The molecule has 102 valence electrons. The fourth-order valence-electron chi connectivity index (χ4n) is 1.62. The third-order valence-electron chi connectivity index (χ3n) is 2.39. The minimum atomic E-state index is 0.664. The average molecular weight is 381 g/mol. The van der Waals surface area contributed by atoms with Crippen LogP contribution in [-0.2, 0) is 11.3 Å². The quantitative estimate of drug-likeness (QED) is 0.697. The Kier molecular flexibility index (Phi) is 7.90. The highest BCUT2D eigenvalue weighted by atomic mass is 79.9. The number of methoxy groups -OCH3 is 1. The molecule has 0 aliphatic heterocycles. The lowest BCUT2D eigenvalue weighted by Crippen LogP contribution is -2.17. The van der Waals surface area contributed by atoms with Gasteiger partial charge in [-0.25, -0.2) is 0 Å². The normalized spacial score (nSPS) is 10.7. The van der Waals surface area contributed by atoms with E-state index in [1.807, 2.05) is 13.0 Å². The van der Waals surface area contributed by atoms with Crippen molar-refractivity contribution in [3.8, 4) is 5.75 Å². The first kappa shape index (κ1) is 16.0. The molecule has 1 aromatic carbocycles. The second-order valence-corrected chi connectivity index (χ2v) is 5.60. The third kappa shape index (κ3) is 5.26. The molecule has 0 aromatic heterocycles. The van der Waals surface area contributed by atoms with Crippen molar-refractivity contribution in [3.05, 3.63) is 26.6 Å². The van der Waals surface area contributed by atoms with E-state index < -0.39 is 0 Å². The molecule has 0 saturated carbocycles. The molecular formula is C13H19Br2NO2. The van der Waals surface area contributed by atoms with E-state index in [1.54, 1.807) is 7.11 Å². The molecule has 18 heavy (non-hydrogen) atoms. The molecule has 0 amide bonds. The summed E-state index contributed by atoms with van der Waals surface area (Å²) in [6.45, 7) is 5.16. The maximum atomic E-state index is 5.67. The minimum absolute atomic E-state index is 0.664. The molecule has 1 N–H and O–H groups in total. The lowest BCUT2D eigenvalue weighted by atomic mass is 10.2. The second-order valence-electron chi connectivity index (χ2n) is 3.83. The summed E-state index contributed by atoms with van der Waals surface area (Å²) in [5.41, 5.74) is 1.15. The van der Waals surface area contributed by atoms with Crippen LogP contribution in [0.2, 0.25) is 0 Å². The van der Waals surface area contributed by atoms with Crippen molar-refractivity contribution in [1.29, 1.82) is 0 Å². The fraction of sp³-hybridized carbons (Fsp3) is 0.538. The van der Waals surface area contributed by atoms with Gasteiger partial charge < -0.3 is 14.8 Å². The number of ether oxygens (including phenoxy) is 2. The topological polar surface area (TPSA) is 30.5 Å². The molecule has 1 aromatic rings. The molecule has 0 heterocycles. The minimum Gasteiger partial charge on any atom is -0.492 e. The van der Waals surface area contributed by atoms with Crippen molar-refractivity contribution in [2.75, 3.05) is 26.9 Å². The summed E-state index contributed by atoms with van der Waals surface area (Å²) in [5.74, 6) is 0.917. The number of halogens is 2. The predicted octanol–water partition coefficient (Wildman–Crippen LogP) is 3.74. The summed E-state index contributed by atoms with van der Waals surface area (Å²) in [7, 11) is 1.72. The van der Waals surface area contributed by atoms with Crippen molar-refractivity contribution in [1.82, 2.24) is 5.32 Å². The number of benzene rings is 1. The van der Waals surface area contributed by atoms with Crippen LogP contribution in [0.1, 0.15) is 18.9 Å². The van der Waals surface area contributed by atoms with Crippen LogP contribution >= 0.6 is 31.9 Å². The molecule has 3 nitrogen and oxygen atoms in total. The largest absolute Gasteiger partial charge is 0.492 e. The monoisotopic (exact) mass is 379 g/mol. The predicted molar refractivity (Wildman–Crippen MR) is 81.2 cm³/mol. The number of hydrogen-bond acceptors (Lipinski definition) is 3. The summed E-state index contributed by atoms with van der Waals surface area (Å²) < 4.78 is 12.7. The zero-order valence-electron chi connectivity index (χ0n) is 10.8. The Morgan fingerprint density at radius 1 is 1.28 bits per heavy atom. The summed E-state index contributed by atoms with van der Waals surface area (Å²) >= 11 is 7.03. The van der Waals surface area contributed by atoms with Crippen molar-refractivity contribution in [3.63, 3.8) is 0 Å². The van der Waals surface area contributed by atoms with Gasteiger partial charge in [0.05, 0.1) is 11.1 Å². The first-order valence-corrected chi connectivity index (χ1v) is 7.58. The summed E-state index contributed by atoms with van der Waals surface area (Å²) in [4.78, 5) is 0. The Morgan fingerprint density at radius 3 is 2.72 bits per heavy atom. The standard InChI is InChI=1S/C13H19Br2NO2/c1-3-18-13-10(7-11(14)8-12(13)15)9-16-5-4-6-17-2/h7-8,16H,3-6,9H2,1-2H3. The van der Waals surface area contributed by atoms with E-state index >= 15 is 0 Å². The van der Waals surface area contributed by atoms with Crippen molar-refractivity contribution < 1.29 is 9.47 Å². The first-order valence-electron chi connectivity index (χ1n) is 5.99. The van der Waals surface area contributed by atoms with Gasteiger partial charge in [0.15, 0.2) is 0 Å². The van der Waals surface area contributed by atoms with E-state index in [0.717, 1.165) is 46.4 Å². The van der Waals surface area contributed by atoms with Crippen LogP contribution in [0.4, 0.5) is 0 Å². The summed E-state index contributed by atoms with van der Waals surface area (Å²) in [5, 5.41) is 3.39. The Hall–Kier alpha value is -0.100. The van der Waals surface area contributed by atoms with Crippen LogP contribution in [0.25, 0.3) is 0 Å². The van der Waals surface area contributed by atoms with E-state index in [4.69, 9.17) is 9.47 Å². The highest BCUT2D eigenvalue weighted by molar-refractivity contribution is 9.11. The van der Waals surface area contributed by atoms with Gasteiger partial charge in [-0.3, -0.25) is 0 Å². The maximum Gasteiger partial charge on any atom is 0.138 e. The summed E-state index contributed by atoms with van der Waals surface area (Å²) in [6, 6.07) is 4.08. The van der Waals surface area contributed by atoms with Crippen molar-refractivity contribution in [2.24, 2.45) is 0 Å². The molecule has 0 saturated heterocycles. The molecule has 1 rings (SSSR count). The van der Waals surface area contributed by atoms with Crippen LogP contribution in [-0.4, -0.2) is 26.9 Å². The lowest BCUT2D eigenvalue weighted by molar-refractivity contribution is 0.194. The zero-order chi connectivity index (χ0) is 13.4. The highest BCUT2D eigenvalue weighted by Crippen LogP contribution is 2.32. The van der Waals surface area contributed by atoms with Crippen molar-refractivity contribution >= 4 is 31.9 Å². The van der Waals surface area contributed by atoms with Crippen LogP contribution in [0.5, 0.6) is 5.75 Å². The third-order valence-corrected chi connectivity index (χ3v) is 3.44. The molecule has 0 radical (unpaired) electrons. The fourth-order valence-corrected chi connectivity index (χ4v) is 3.04. The lowest BCUT2D eigenvalue weighted by Gasteiger charge is -2.13. The van der Waals surface area contributed by atoms with Gasteiger partial charge in [-0.05, 0) is 48.0 Å². The second kappa shape index (κ2) is 8.91. The molecule has 0 bridgehead atoms. The van der Waals surface area contributed by atoms with Crippen LogP contribution in [0.3, 0.4) is 0 Å². The van der Waals surface area contributed by atoms with Gasteiger partial charge in [-0.15, -0.1) is 0 Å². The molecule has 0 aliphatic carbocycles. The smallest absolute Gasteiger partial charge is 0.138 e. The molecule has 0 aliphatic rings. The molecular weight excluding hydrogens is 362 g/mol. The van der Waals surface area contributed by atoms with Crippen molar-refractivity contribution in [2.45, 2.75) is 19.9 Å². The SMILES string of the molecule is CCOc1c(Br)cc(Br)cc1CNCCCOC. The number of nitrogens with one attached hydrogen (secondary N) is 1. The van der Waals surface area contributed by atoms with Gasteiger partial charge in [0.1, 0.15) is 5.75 Å². The van der Waals surface area contributed by atoms with E-state index in [1.165, 1.54) is 0 Å². The molecule has 0 unspecified atom stereocenters. The van der Waals surface area contributed by atoms with Gasteiger partial charge in [0, 0.05) is 30.3 Å². The maximum absolute atomic E-state index is 5.67. The molecule has 0 spiro atoms. The Balaban J connectivity index is 2.62. The molecule has 0 atom stereocenters. The van der Waals surface area contributed by atoms with E-state index in [2.05, 4.69) is 43.2 Å². The molecule has 5 heteroatoms. The number of hydrogen-bond donors (Lipinski definition) is 1. The van der Waals surface area contributed by atoms with E-state index in [-0.39, 0.29) is 0 Å². The van der Waals surface area contributed by atoms with E-state index in [0.29, 0.717) is 6.61 Å². The Labute approximate surface area is 125 Å². The zero-order valence-corrected chi connectivity index (χ0v) is 13.9. The Morgan fingerprint density at radius 2 is 2.06 bits per heavy atom. The summed E-state index contributed by atoms with van der Waals surface area (Å²) in [6.07, 6.45) is 1.01. The van der Waals surface area contributed by atoms with Gasteiger partial charge in [-0.2, -0.15) is 0 Å². The van der Waals surface area contributed by atoms with Gasteiger partial charge >= 0.3 is 0 Å². The molecule has 0 fully saturated rings.